The minimum atomic E-state index is -0.637. The van der Waals surface area contributed by atoms with E-state index in [2.05, 4.69) is 5.32 Å². The standard InChI is InChI=1S/C19H24FNO2/c20-16-3-1-2-15(12-16)19(8-10-23-11-9-19)18(22)21-17(13-4-5-13)14-6-7-14/h1-3,12-14,17H,4-11H2,(H,21,22). The van der Waals surface area contributed by atoms with Gasteiger partial charge in [0.2, 0.25) is 5.91 Å². The fourth-order valence-corrected chi connectivity index (χ4v) is 3.97. The number of carbonyl (C=O) groups is 1. The molecule has 1 aromatic rings. The second-order valence-electron chi connectivity index (χ2n) is 7.38. The van der Waals surface area contributed by atoms with Crippen molar-refractivity contribution < 1.29 is 13.9 Å². The van der Waals surface area contributed by atoms with Gasteiger partial charge in [-0.1, -0.05) is 12.1 Å². The van der Waals surface area contributed by atoms with Gasteiger partial charge in [0.1, 0.15) is 5.82 Å². The maximum absolute atomic E-state index is 13.7. The molecule has 3 fully saturated rings. The molecule has 2 saturated carbocycles. The molecule has 124 valence electrons. The van der Waals surface area contributed by atoms with E-state index in [0.29, 0.717) is 43.9 Å². The van der Waals surface area contributed by atoms with Gasteiger partial charge in [0.15, 0.2) is 0 Å². The molecule has 0 spiro atoms. The zero-order chi connectivity index (χ0) is 15.9. The van der Waals surface area contributed by atoms with Gasteiger partial charge in [0.05, 0.1) is 5.41 Å². The molecule has 0 atom stereocenters. The van der Waals surface area contributed by atoms with Crippen LogP contribution in [0.15, 0.2) is 24.3 Å². The normalized spacial score (nSPS) is 23.7. The van der Waals surface area contributed by atoms with Crippen LogP contribution in [0.25, 0.3) is 0 Å². The molecule has 1 aromatic carbocycles. The van der Waals surface area contributed by atoms with Gasteiger partial charge in [-0.15, -0.1) is 0 Å². The molecule has 2 aliphatic carbocycles. The van der Waals surface area contributed by atoms with Crippen molar-refractivity contribution in [3.05, 3.63) is 35.6 Å². The number of nitrogens with one attached hydrogen (secondary N) is 1. The fraction of sp³-hybridized carbons (Fsp3) is 0.632. The third-order valence-corrected chi connectivity index (χ3v) is 5.72. The van der Waals surface area contributed by atoms with Crippen molar-refractivity contribution in [2.75, 3.05) is 13.2 Å². The molecule has 0 radical (unpaired) electrons. The molecule has 1 N–H and O–H groups in total. The van der Waals surface area contributed by atoms with E-state index in [1.54, 1.807) is 6.07 Å². The zero-order valence-electron chi connectivity index (χ0n) is 13.4. The Bertz CT molecular complexity index is 577. The van der Waals surface area contributed by atoms with E-state index in [4.69, 9.17) is 4.74 Å². The van der Waals surface area contributed by atoms with Crippen LogP contribution in [-0.2, 0) is 14.9 Å². The molecule has 4 rings (SSSR count). The lowest BCUT2D eigenvalue weighted by Crippen LogP contribution is -2.52. The molecule has 23 heavy (non-hydrogen) atoms. The Morgan fingerprint density at radius 1 is 1.17 bits per heavy atom. The molecule has 1 amide bonds. The third kappa shape index (κ3) is 3.01. The van der Waals surface area contributed by atoms with Gasteiger partial charge in [-0.2, -0.15) is 0 Å². The van der Waals surface area contributed by atoms with E-state index in [9.17, 15) is 9.18 Å². The van der Waals surface area contributed by atoms with Crippen LogP contribution in [0.2, 0.25) is 0 Å². The van der Waals surface area contributed by atoms with Crippen molar-refractivity contribution >= 4 is 5.91 Å². The molecule has 0 unspecified atom stereocenters. The smallest absolute Gasteiger partial charge is 0.231 e. The number of hydrogen-bond acceptors (Lipinski definition) is 2. The topological polar surface area (TPSA) is 38.3 Å². The maximum Gasteiger partial charge on any atom is 0.231 e. The highest BCUT2D eigenvalue weighted by Gasteiger charge is 2.47. The zero-order valence-corrected chi connectivity index (χ0v) is 13.4. The summed E-state index contributed by atoms with van der Waals surface area (Å²) in [4.78, 5) is 13.2. The number of ether oxygens (including phenoxy) is 1. The highest BCUT2D eigenvalue weighted by molar-refractivity contribution is 5.88. The summed E-state index contributed by atoms with van der Waals surface area (Å²) in [5.74, 6) is 1.13. The van der Waals surface area contributed by atoms with Crippen LogP contribution in [0, 0.1) is 17.7 Å². The Morgan fingerprint density at radius 2 is 1.83 bits per heavy atom. The number of hydrogen-bond donors (Lipinski definition) is 1. The van der Waals surface area contributed by atoms with Gasteiger partial charge in [-0.25, -0.2) is 4.39 Å². The van der Waals surface area contributed by atoms with Crippen molar-refractivity contribution in [3.8, 4) is 0 Å². The van der Waals surface area contributed by atoms with Gasteiger partial charge in [-0.05, 0) is 68.1 Å². The van der Waals surface area contributed by atoms with E-state index in [1.807, 2.05) is 6.07 Å². The number of amides is 1. The van der Waals surface area contributed by atoms with Crippen molar-refractivity contribution in [1.29, 1.82) is 0 Å². The first-order valence-electron chi connectivity index (χ1n) is 8.84. The highest BCUT2D eigenvalue weighted by atomic mass is 19.1. The van der Waals surface area contributed by atoms with E-state index >= 15 is 0 Å². The first-order valence-corrected chi connectivity index (χ1v) is 8.84. The molecule has 1 saturated heterocycles. The monoisotopic (exact) mass is 317 g/mol. The molecule has 4 heteroatoms. The van der Waals surface area contributed by atoms with Gasteiger partial charge < -0.3 is 10.1 Å². The number of benzene rings is 1. The molecular formula is C19H24FNO2. The van der Waals surface area contributed by atoms with Crippen LogP contribution < -0.4 is 5.32 Å². The first-order chi connectivity index (χ1) is 11.2. The van der Waals surface area contributed by atoms with E-state index < -0.39 is 5.41 Å². The largest absolute Gasteiger partial charge is 0.381 e. The molecular weight excluding hydrogens is 293 g/mol. The molecule has 3 aliphatic rings. The van der Waals surface area contributed by atoms with E-state index in [1.165, 1.54) is 37.8 Å². The van der Waals surface area contributed by atoms with Crippen molar-refractivity contribution in [3.63, 3.8) is 0 Å². The Balaban J connectivity index is 1.60. The second kappa shape index (κ2) is 5.90. The van der Waals surface area contributed by atoms with Gasteiger partial charge >= 0.3 is 0 Å². The Kier molecular flexibility index (Phi) is 3.88. The minimum absolute atomic E-state index is 0.0789. The summed E-state index contributed by atoms with van der Waals surface area (Å²) in [6.07, 6.45) is 6.19. The van der Waals surface area contributed by atoms with Crippen LogP contribution in [-0.4, -0.2) is 25.2 Å². The molecule has 1 aliphatic heterocycles. The lowest BCUT2D eigenvalue weighted by molar-refractivity contribution is -0.131. The van der Waals surface area contributed by atoms with Crippen molar-refractivity contribution in [2.45, 2.75) is 50.0 Å². The average molecular weight is 317 g/mol. The van der Waals surface area contributed by atoms with Crippen molar-refractivity contribution in [2.24, 2.45) is 11.8 Å². The predicted molar refractivity (Wildman–Crippen MR) is 85.5 cm³/mol. The van der Waals surface area contributed by atoms with Crippen LogP contribution in [0.4, 0.5) is 4.39 Å². The van der Waals surface area contributed by atoms with E-state index in [0.717, 1.165) is 5.56 Å². The summed E-state index contributed by atoms with van der Waals surface area (Å²) < 4.78 is 19.2. The average Bonchev–Trinajstić information content (AvgIpc) is 3.47. The van der Waals surface area contributed by atoms with Crippen LogP contribution in [0.1, 0.15) is 44.1 Å². The Hall–Kier alpha value is -1.42. The summed E-state index contributed by atoms with van der Waals surface area (Å²) >= 11 is 0. The summed E-state index contributed by atoms with van der Waals surface area (Å²) in [5, 5.41) is 3.35. The minimum Gasteiger partial charge on any atom is -0.381 e. The van der Waals surface area contributed by atoms with Gasteiger partial charge in [0, 0.05) is 19.3 Å². The molecule has 0 aromatic heterocycles. The second-order valence-corrected chi connectivity index (χ2v) is 7.38. The lowest BCUT2D eigenvalue weighted by Gasteiger charge is -2.37. The summed E-state index contributed by atoms with van der Waals surface area (Å²) in [7, 11) is 0. The van der Waals surface area contributed by atoms with Gasteiger partial charge in [-0.3, -0.25) is 4.79 Å². The Labute approximate surface area is 136 Å². The fourth-order valence-electron chi connectivity index (χ4n) is 3.97. The molecule has 0 bridgehead atoms. The molecule has 1 heterocycles. The van der Waals surface area contributed by atoms with Gasteiger partial charge in [0.25, 0.3) is 0 Å². The summed E-state index contributed by atoms with van der Waals surface area (Å²) in [6.45, 7) is 1.11. The van der Waals surface area contributed by atoms with Crippen LogP contribution in [0.5, 0.6) is 0 Å². The highest BCUT2D eigenvalue weighted by Crippen LogP contribution is 2.45. The predicted octanol–water partition coefficient (Wildman–Crippen LogP) is 3.18. The third-order valence-electron chi connectivity index (χ3n) is 5.72. The van der Waals surface area contributed by atoms with Crippen molar-refractivity contribution in [1.82, 2.24) is 5.32 Å². The van der Waals surface area contributed by atoms with Crippen LogP contribution in [0.3, 0.4) is 0 Å². The first kappa shape index (κ1) is 15.1. The number of rotatable bonds is 5. The quantitative estimate of drug-likeness (QED) is 0.906. The SMILES string of the molecule is O=C(NC(C1CC1)C1CC1)C1(c2cccc(F)c2)CCOCC1. The summed E-state index contributed by atoms with van der Waals surface area (Å²) in [6, 6.07) is 6.88. The van der Waals surface area contributed by atoms with Crippen LogP contribution >= 0.6 is 0 Å². The maximum atomic E-state index is 13.7. The number of halogens is 1. The molecule has 3 nitrogen and oxygen atoms in total. The van der Waals surface area contributed by atoms with E-state index in [-0.39, 0.29) is 11.7 Å². The number of carbonyl (C=O) groups excluding carboxylic acids is 1. The summed E-state index contributed by atoms with van der Waals surface area (Å²) in [5.41, 5.74) is 0.159. The Morgan fingerprint density at radius 3 is 2.39 bits per heavy atom. The lowest BCUT2D eigenvalue weighted by atomic mass is 9.73.